The second kappa shape index (κ2) is 8.34. The molecule has 1 aromatic heterocycles. The van der Waals surface area contributed by atoms with Gasteiger partial charge < -0.3 is 19.5 Å². The molecular formula is C22H31N3O2. The number of benzene rings is 1. The van der Waals surface area contributed by atoms with Gasteiger partial charge in [0.15, 0.2) is 0 Å². The molecule has 5 nitrogen and oxygen atoms in total. The highest BCUT2D eigenvalue weighted by atomic mass is 16.5. The van der Waals surface area contributed by atoms with E-state index in [1.165, 1.54) is 45.2 Å². The van der Waals surface area contributed by atoms with Crippen LogP contribution < -0.4 is 10.1 Å². The van der Waals surface area contributed by atoms with Crippen LogP contribution in [0.25, 0.3) is 10.9 Å². The first-order valence-corrected chi connectivity index (χ1v) is 10.4. The zero-order valence-corrected chi connectivity index (χ0v) is 16.3. The molecule has 2 atom stereocenters. The number of methoxy groups -OCH3 is 1. The Balaban J connectivity index is 1.28. The number of piperidine rings is 2. The number of aryl methyl sites for hydroxylation is 1. The second-order valence-corrected chi connectivity index (χ2v) is 7.99. The van der Waals surface area contributed by atoms with Crippen molar-refractivity contribution in [2.24, 2.45) is 5.92 Å². The summed E-state index contributed by atoms with van der Waals surface area (Å²) in [5, 5.41) is 4.36. The maximum Gasteiger partial charge on any atom is 0.221 e. The normalized spacial score (nSPS) is 23.1. The van der Waals surface area contributed by atoms with Gasteiger partial charge in [0, 0.05) is 42.7 Å². The molecule has 0 saturated carbocycles. The lowest BCUT2D eigenvalue weighted by Crippen LogP contribution is -2.51. The molecule has 1 aromatic carbocycles. The minimum absolute atomic E-state index is 0.165. The summed E-state index contributed by atoms with van der Waals surface area (Å²) in [6.07, 6.45) is 9.10. The van der Waals surface area contributed by atoms with Crippen LogP contribution in [0.2, 0.25) is 0 Å². The molecule has 146 valence electrons. The van der Waals surface area contributed by atoms with Gasteiger partial charge in [0.05, 0.1) is 7.11 Å². The quantitative estimate of drug-likeness (QED) is 0.849. The molecule has 2 aliphatic heterocycles. The number of carbonyl (C=O) groups is 1. The number of rotatable bonds is 6. The van der Waals surface area contributed by atoms with Crippen molar-refractivity contribution in [2.45, 2.75) is 51.1 Å². The number of amides is 1. The first-order chi connectivity index (χ1) is 13.2. The molecule has 5 heteroatoms. The summed E-state index contributed by atoms with van der Waals surface area (Å²) >= 11 is 0. The fourth-order valence-corrected chi connectivity index (χ4v) is 4.87. The van der Waals surface area contributed by atoms with Crippen LogP contribution in [0, 0.1) is 5.92 Å². The summed E-state index contributed by atoms with van der Waals surface area (Å²) in [6.45, 7) is 4.05. The van der Waals surface area contributed by atoms with Crippen molar-refractivity contribution in [3.8, 4) is 5.75 Å². The van der Waals surface area contributed by atoms with Crippen molar-refractivity contribution < 1.29 is 9.53 Å². The molecule has 2 fully saturated rings. The minimum atomic E-state index is 0.165. The largest absolute Gasteiger partial charge is 0.497 e. The number of hydrogen-bond acceptors (Lipinski definition) is 3. The van der Waals surface area contributed by atoms with E-state index in [-0.39, 0.29) is 5.91 Å². The topological polar surface area (TPSA) is 46.5 Å². The number of ether oxygens (including phenoxy) is 1. The van der Waals surface area contributed by atoms with Crippen LogP contribution in [-0.4, -0.2) is 48.2 Å². The monoisotopic (exact) mass is 369 g/mol. The van der Waals surface area contributed by atoms with Gasteiger partial charge in [-0.1, -0.05) is 6.42 Å². The molecule has 0 aliphatic carbocycles. The number of aromatic nitrogens is 1. The van der Waals surface area contributed by atoms with E-state index in [0.29, 0.717) is 24.9 Å². The van der Waals surface area contributed by atoms with E-state index in [1.807, 2.05) is 12.1 Å². The summed E-state index contributed by atoms with van der Waals surface area (Å²) in [5.41, 5.74) is 1.15. The van der Waals surface area contributed by atoms with Crippen molar-refractivity contribution in [1.29, 1.82) is 0 Å². The van der Waals surface area contributed by atoms with Crippen LogP contribution in [0.15, 0.2) is 30.5 Å². The summed E-state index contributed by atoms with van der Waals surface area (Å²) in [5.74, 6) is 1.66. The van der Waals surface area contributed by atoms with Crippen LogP contribution in [0.3, 0.4) is 0 Å². The molecule has 0 unspecified atom stereocenters. The third-order valence-electron chi connectivity index (χ3n) is 6.35. The molecule has 27 heavy (non-hydrogen) atoms. The molecule has 2 aromatic rings. The molecule has 2 saturated heterocycles. The van der Waals surface area contributed by atoms with Gasteiger partial charge in [0.2, 0.25) is 5.91 Å². The molecule has 4 rings (SSSR count). The average molecular weight is 370 g/mol. The third kappa shape index (κ3) is 4.13. The standard InChI is InChI=1S/C22H31N3O2/c1-27-19-7-8-21-17(15-19)9-13-25(21)14-10-22(26)23-16-18-5-4-12-24-11-3-2-6-20(18)24/h7-9,13,15,18,20H,2-6,10-12,14,16H2,1H3,(H,23,26)/t18-,20-/m1/s1. The van der Waals surface area contributed by atoms with Crippen molar-refractivity contribution in [3.63, 3.8) is 0 Å². The fourth-order valence-electron chi connectivity index (χ4n) is 4.87. The van der Waals surface area contributed by atoms with E-state index < -0.39 is 0 Å². The number of carbonyl (C=O) groups excluding carboxylic acids is 1. The zero-order chi connectivity index (χ0) is 18.6. The highest BCUT2D eigenvalue weighted by Crippen LogP contribution is 2.30. The third-order valence-corrected chi connectivity index (χ3v) is 6.35. The number of nitrogens with one attached hydrogen (secondary N) is 1. The predicted octanol–water partition coefficient (Wildman–Crippen LogP) is 3.42. The number of hydrogen-bond donors (Lipinski definition) is 1. The van der Waals surface area contributed by atoms with Crippen LogP contribution in [0.5, 0.6) is 5.75 Å². The van der Waals surface area contributed by atoms with E-state index in [2.05, 4.69) is 33.1 Å². The molecule has 3 heterocycles. The first-order valence-electron chi connectivity index (χ1n) is 10.4. The molecular weight excluding hydrogens is 338 g/mol. The van der Waals surface area contributed by atoms with Gasteiger partial charge in [0.1, 0.15) is 5.75 Å². The van der Waals surface area contributed by atoms with Gasteiger partial charge in [-0.05, 0) is 69.0 Å². The van der Waals surface area contributed by atoms with Gasteiger partial charge in [-0.3, -0.25) is 4.79 Å². The molecule has 0 bridgehead atoms. The Labute approximate surface area is 161 Å². The van der Waals surface area contributed by atoms with Gasteiger partial charge in [0.25, 0.3) is 0 Å². The van der Waals surface area contributed by atoms with E-state index in [9.17, 15) is 4.79 Å². The Kier molecular flexibility index (Phi) is 5.67. The lowest BCUT2D eigenvalue weighted by Gasteiger charge is -2.44. The molecule has 1 amide bonds. The predicted molar refractivity (Wildman–Crippen MR) is 108 cm³/mol. The molecule has 1 N–H and O–H groups in total. The van der Waals surface area contributed by atoms with Gasteiger partial charge in [-0.25, -0.2) is 0 Å². The maximum atomic E-state index is 12.4. The van der Waals surface area contributed by atoms with Crippen LogP contribution >= 0.6 is 0 Å². The number of fused-ring (bicyclic) bond motifs is 2. The number of nitrogens with zero attached hydrogens (tertiary/aromatic N) is 2. The first kappa shape index (κ1) is 18.4. The van der Waals surface area contributed by atoms with Gasteiger partial charge >= 0.3 is 0 Å². The molecule has 0 radical (unpaired) electrons. The molecule has 0 spiro atoms. The van der Waals surface area contributed by atoms with E-state index in [1.54, 1.807) is 7.11 Å². The van der Waals surface area contributed by atoms with Gasteiger partial charge in [-0.2, -0.15) is 0 Å². The Bertz CT molecular complexity index is 783. The van der Waals surface area contributed by atoms with E-state index >= 15 is 0 Å². The Morgan fingerprint density at radius 2 is 2.07 bits per heavy atom. The van der Waals surface area contributed by atoms with Crippen LogP contribution in [0.4, 0.5) is 0 Å². The van der Waals surface area contributed by atoms with E-state index in [4.69, 9.17) is 4.74 Å². The second-order valence-electron chi connectivity index (χ2n) is 7.99. The van der Waals surface area contributed by atoms with Crippen molar-refractivity contribution >= 4 is 16.8 Å². The fraction of sp³-hybridized carbons (Fsp3) is 0.591. The Hall–Kier alpha value is -2.01. The summed E-state index contributed by atoms with van der Waals surface area (Å²) in [7, 11) is 1.68. The summed E-state index contributed by atoms with van der Waals surface area (Å²) in [6, 6.07) is 8.83. The Morgan fingerprint density at radius 1 is 1.19 bits per heavy atom. The summed E-state index contributed by atoms with van der Waals surface area (Å²) < 4.78 is 7.43. The lowest BCUT2D eigenvalue weighted by atomic mass is 9.83. The van der Waals surface area contributed by atoms with E-state index in [0.717, 1.165) is 23.2 Å². The SMILES string of the molecule is COc1ccc2c(ccn2CCC(=O)NC[C@H]2CCCN3CCCC[C@H]23)c1. The smallest absolute Gasteiger partial charge is 0.221 e. The van der Waals surface area contributed by atoms with Gasteiger partial charge in [-0.15, -0.1) is 0 Å². The van der Waals surface area contributed by atoms with Crippen molar-refractivity contribution in [2.75, 3.05) is 26.7 Å². The average Bonchev–Trinajstić information content (AvgIpc) is 3.12. The highest BCUT2D eigenvalue weighted by molar-refractivity contribution is 5.82. The van der Waals surface area contributed by atoms with Crippen LogP contribution in [0.1, 0.15) is 38.5 Å². The van der Waals surface area contributed by atoms with Crippen molar-refractivity contribution in [3.05, 3.63) is 30.5 Å². The Morgan fingerprint density at radius 3 is 2.96 bits per heavy atom. The van der Waals surface area contributed by atoms with Crippen molar-refractivity contribution in [1.82, 2.24) is 14.8 Å². The highest BCUT2D eigenvalue weighted by Gasteiger charge is 2.32. The maximum absolute atomic E-state index is 12.4. The zero-order valence-electron chi connectivity index (χ0n) is 16.3. The molecule has 2 aliphatic rings. The summed E-state index contributed by atoms with van der Waals surface area (Å²) in [4.78, 5) is 15.1. The van der Waals surface area contributed by atoms with Crippen LogP contribution in [-0.2, 0) is 11.3 Å². The minimum Gasteiger partial charge on any atom is -0.497 e. The lowest BCUT2D eigenvalue weighted by molar-refractivity contribution is -0.121.